The van der Waals surface area contributed by atoms with Gasteiger partial charge in [-0.3, -0.25) is 9.59 Å². The fraction of sp³-hybridized carbons (Fsp3) is 0.227. The highest BCUT2D eigenvalue weighted by atomic mass is 32.1. The number of thiazole rings is 1. The monoisotopic (exact) mass is 391 g/mol. The van der Waals surface area contributed by atoms with Crippen molar-refractivity contribution in [3.63, 3.8) is 0 Å². The van der Waals surface area contributed by atoms with Crippen molar-refractivity contribution < 1.29 is 9.59 Å². The molecule has 28 heavy (non-hydrogen) atoms. The highest BCUT2D eigenvalue weighted by Crippen LogP contribution is 2.28. The molecule has 5 nitrogen and oxygen atoms in total. The Labute approximate surface area is 168 Å². The molecule has 0 radical (unpaired) electrons. The Morgan fingerprint density at radius 3 is 2.86 bits per heavy atom. The first-order valence-electron chi connectivity index (χ1n) is 9.30. The van der Waals surface area contributed by atoms with Crippen molar-refractivity contribution in [3.05, 3.63) is 64.5 Å². The third-order valence-corrected chi connectivity index (χ3v) is 5.54. The number of aryl methyl sites for hydroxylation is 1. The fourth-order valence-corrected chi connectivity index (χ4v) is 4.15. The third kappa shape index (κ3) is 4.12. The van der Waals surface area contributed by atoms with Gasteiger partial charge in [0.2, 0.25) is 11.8 Å². The summed E-state index contributed by atoms with van der Waals surface area (Å²) in [6, 6.07) is 15.6. The zero-order valence-electron chi connectivity index (χ0n) is 15.6. The minimum Gasteiger partial charge on any atom is -0.326 e. The van der Waals surface area contributed by atoms with E-state index in [1.165, 1.54) is 11.3 Å². The van der Waals surface area contributed by atoms with Gasteiger partial charge in [-0.15, -0.1) is 11.3 Å². The van der Waals surface area contributed by atoms with Gasteiger partial charge in [-0.1, -0.05) is 24.3 Å². The van der Waals surface area contributed by atoms with Gasteiger partial charge in [0.05, 0.1) is 12.1 Å². The second-order valence-corrected chi connectivity index (χ2v) is 7.86. The number of nitrogens with zero attached hydrogens (tertiary/aromatic N) is 2. The average Bonchev–Trinajstić information content (AvgIpc) is 3.31. The Morgan fingerprint density at radius 1 is 1.21 bits per heavy atom. The molecule has 2 aromatic carbocycles. The van der Waals surface area contributed by atoms with E-state index >= 15 is 0 Å². The zero-order chi connectivity index (χ0) is 19.5. The molecule has 1 aromatic heterocycles. The zero-order valence-corrected chi connectivity index (χ0v) is 16.5. The van der Waals surface area contributed by atoms with Crippen LogP contribution in [-0.4, -0.2) is 23.3 Å². The van der Waals surface area contributed by atoms with E-state index in [0.29, 0.717) is 6.42 Å². The molecule has 0 spiro atoms. The highest BCUT2D eigenvalue weighted by Gasteiger charge is 2.22. The summed E-state index contributed by atoms with van der Waals surface area (Å²) in [4.78, 5) is 30.7. The van der Waals surface area contributed by atoms with Crippen molar-refractivity contribution in [3.8, 4) is 11.3 Å². The van der Waals surface area contributed by atoms with Crippen LogP contribution in [0.25, 0.3) is 11.3 Å². The Hall–Kier alpha value is -2.99. The van der Waals surface area contributed by atoms with E-state index in [1.54, 1.807) is 0 Å². The molecule has 1 aliphatic heterocycles. The molecule has 0 unspecified atom stereocenters. The average molecular weight is 391 g/mol. The molecular formula is C22H21N3O2S. The molecule has 4 rings (SSSR count). The van der Waals surface area contributed by atoms with Crippen molar-refractivity contribution in [1.29, 1.82) is 0 Å². The molecule has 1 N–H and O–H groups in total. The van der Waals surface area contributed by atoms with Crippen LogP contribution in [0.3, 0.4) is 0 Å². The van der Waals surface area contributed by atoms with Crippen molar-refractivity contribution in [1.82, 2.24) is 4.98 Å². The Kier molecular flexibility index (Phi) is 5.21. The number of amides is 2. The maximum Gasteiger partial charge on any atom is 0.231 e. The number of hydrogen-bond donors (Lipinski definition) is 1. The first-order chi connectivity index (χ1) is 13.6. The van der Waals surface area contributed by atoms with Crippen LogP contribution >= 0.6 is 11.3 Å². The van der Waals surface area contributed by atoms with E-state index in [2.05, 4.69) is 10.3 Å². The molecule has 1 fully saturated rings. The predicted molar refractivity (Wildman–Crippen MR) is 113 cm³/mol. The number of hydrogen-bond acceptors (Lipinski definition) is 4. The van der Waals surface area contributed by atoms with Crippen molar-refractivity contribution in [2.75, 3.05) is 16.8 Å². The van der Waals surface area contributed by atoms with E-state index in [0.717, 1.165) is 46.2 Å². The van der Waals surface area contributed by atoms with E-state index < -0.39 is 0 Å². The van der Waals surface area contributed by atoms with Crippen LogP contribution in [0, 0.1) is 6.92 Å². The number of nitrogens with one attached hydrogen (secondary N) is 1. The minimum absolute atomic E-state index is 0.0806. The lowest BCUT2D eigenvalue weighted by Gasteiger charge is -2.16. The molecule has 3 aromatic rings. The maximum absolute atomic E-state index is 12.3. The lowest BCUT2D eigenvalue weighted by atomic mass is 10.1. The van der Waals surface area contributed by atoms with Gasteiger partial charge in [-0.2, -0.15) is 0 Å². The molecule has 2 heterocycles. The molecule has 1 aliphatic rings. The molecule has 0 atom stereocenters. The number of rotatable bonds is 5. The topological polar surface area (TPSA) is 62.3 Å². The summed E-state index contributed by atoms with van der Waals surface area (Å²) >= 11 is 1.47. The first kappa shape index (κ1) is 18.4. The smallest absolute Gasteiger partial charge is 0.231 e. The quantitative estimate of drug-likeness (QED) is 0.700. The number of carbonyl (C=O) groups excluding carboxylic acids is 2. The Bertz CT molecular complexity index is 1030. The number of benzene rings is 2. The number of carbonyl (C=O) groups is 2. The van der Waals surface area contributed by atoms with E-state index in [4.69, 9.17) is 0 Å². The predicted octanol–water partition coefficient (Wildman–Crippen LogP) is 4.43. The molecular weight excluding hydrogens is 370 g/mol. The van der Waals surface area contributed by atoms with Gasteiger partial charge in [-0.25, -0.2) is 4.98 Å². The van der Waals surface area contributed by atoms with Crippen LogP contribution in [0.2, 0.25) is 0 Å². The standard InChI is InChI=1S/C22H21N3O2S/c1-15-5-2-7-17(11-15)23-20(26)13-21-24-19(14-28-21)16-6-3-8-18(12-16)25-10-4-9-22(25)27/h2-3,5-8,11-12,14H,4,9-10,13H2,1H3,(H,23,26). The second-order valence-electron chi connectivity index (χ2n) is 6.92. The summed E-state index contributed by atoms with van der Waals surface area (Å²) in [7, 11) is 0. The number of aromatic nitrogens is 1. The van der Waals surface area contributed by atoms with Crippen LogP contribution in [-0.2, 0) is 16.0 Å². The summed E-state index contributed by atoms with van der Waals surface area (Å²) in [5, 5.41) is 5.64. The largest absolute Gasteiger partial charge is 0.326 e. The van der Waals surface area contributed by atoms with Gasteiger partial charge >= 0.3 is 0 Å². The summed E-state index contributed by atoms with van der Waals surface area (Å²) in [6.45, 7) is 2.76. The van der Waals surface area contributed by atoms with Gasteiger partial charge in [0.25, 0.3) is 0 Å². The molecule has 0 saturated carbocycles. The fourth-order valence-electron chi connectivity index (χ4n) is 3.34. The Morgan fingerprint density at radius 2 is 2.07 bits per heavy atom. The van der Waals surface area contributed by atoms with Crippen molar-refractivity contribution in [2.45, 2.75) is 26.2 Å². The molecule has 0 aliphatic carbocycles. The molecule has 142 valence electrons. The van der Waals surface area contributed by atoms with Crippen LogP contribution in [0.5, 0.6) is 0 Å². The SMILES string of the molecule is Cc1cccc(NC(=O)Cc2nc(-c3cccc(N4CCCC4=O)c3)cs2)c1. The van der Waals surface area contributed by atoms with Crippen molar-refractivity contribution >= 4 is 34.5 Å². The molecule has 6 heteroatoms. The maximum atomic E-state index is 12.3. The first-order valence-corrected chi connectivity index (χ1v) is 10.2. The second kappa shape index (κ2) is 7.94. The van der Waals surface area contributed by atoms with Crippen LogP contribution in [0.1, 0.15) is 23.4 Å². The van der Waals surface area contributed by atoms with Crippen LogP contribution in [0.4, 0.5) is 11.4 Å². The molecule has 0 bridgehead atoms. The minimum atomic E-state index is -0.0806. The van der Waals surface area contributed by atoms with Gasteiger partial charge in [-0.05, 0) is 43.2 Å². The summed E-state index contributed by atoms with van der Waals surface area (Å²) in [5.41, 5.74) is 4.60. The van der Waals surface area contributed by atoms with Gasteiger partial charge in [0.1, 0.15) is 5.01 Å². The van der Waals surface area contributed by atoms with Crippen LogP contribution in [0.15, 0.2) is 53.9 Å². The number of anilines is 2. The van der Waals surface area contributed by atoms with E-state index in [-0.39, 0.29) is 18.2 Å². The summed E-state index contributed by atoms with van der Waals surface area (Å²) < 4.78 is 0. The molecule has 2 amide bonds. The normalized spacial score (nSPS) is 13.8. The molecule has 1 saturated heterocycles. The van der Waals surface area contributed by atoms with Gasteiger partial charge in [0, 0.05) is 35.3 Å². The lowest BCUT2D eigenvalue weighted by molar-refractivity contribution is -0.117. The van der Waals surface area contributed by atoms with Gasteiger partial charge < -0.3 is 10.2 Å². The highest BCUT2D eigenvalue weighted by molar-refractivity contribution is 7.10. The summed E-state index contributed by atoms with van der Waals surface area (Å²) in [6.07, 6.45) is 1.75. The van der Waals surface area contributed by atoms with Gasteiger partial charge in [0.15, 0.2) is 0 Å². The summed E-state index contributed by atoms with van der Waals surface area (Å²) in [5.74, 6) is 0.0897. The third-order valence-electron chi connectivity index (χ3n) is 4.69. The van der Waals surface area contributed by atoms with Crippen molar-refractivity contribution in [2.24, 2.45) is 0 Å². The lowest BCUT2D eigenvalue weighted by Crippen LogP contribution is -2.23. The van der Waals surface area contributed by atoms with E-state index in [9.17, 15) is 9.59 Å². The van der Waals surface area contributed by atoms with Crippen LogP contribution < -0.4 is 10.2 Å². The Balaban J connectivity index is 1.45. The van der Waals surface area contributed by atoms with E-state index in [1.807, 2.05) is 65.7 Å².